The first kappa shape index (κ1) is 18.4. The molecule has 1 aliphatic heterocycles. The average Bonchev–Trinajstić information content (AvgIpc) is 3.35. The van der Waals surface area contributed by atoms with Crippen molar-refractivity contribution in [1.29, 1.82) is 0 Å². The first-order valence-electron chi connectivity index (χ1n) is 9.48. The molecule has 4 rings (SSSR count). The zero-order valence-corrected chi connectivity index (χ0v) is 16.4. The predicted octanol–water partition coefficient (Wildman–Crippen LogP) is 3.49. The van der Waals surface area contributed by atoms with Gasteiger partial charge in [0.1, 0.15) is 0 Å². The molecule has 0 N–H and O–H groups in total. The van der Waals surface area contributed by atoms with Crippen LogP contribution >= 0.6 is 0 Å². The van der Waals surface area contributed by atoms with E-state index in [0.29, 0.717) is 11.8 Å². The second kappa shape index (κ2) is 7.56. The molecular weight excluding hydrogens is 352 g/mol. The number of hydrogen-bond donors (Lipinski definition) is 0. The van der Waals surface area contributed by atoms with Crippen LogP contribution in [-0.4, -0.2) is 59.1 Å². The number of benzene rings is 2. The second-order valence-electron chi connectivity index (χ2n) is 7.40. The highest BCUT2D eigenvalue weighted by molar-refractivity contribution is 5.94. The van der Waals surface area contributed by atoms with Gasteiger partial charge < -0.3 is 14.2 Å². The van der Waals surface area contributed by atoms with Crippen molar-refractivity contribution in [3.8, 4) is 22.6 Å². The van der Waals surface area contributed by atoms with Crippen LogP contribution in [0.15, 0.2) is 52.9 Å². The number of nitrogens with zero attached hydrogens (tertiary/aromatic N) is 4. The number of rotatable bonds is 4. The van der Waals surface area contributed by atoms with Gasteiger partial charge in [-0.1, -0.05) is 24.3 Å². The van der Waals surface area contributed by atoms with Gasteiger partial charge in [0.2, 0.25) is 11.8 Å². The van der Waals surface area contributed by atoms with E-state index >= 15 is 0 Å². The summed E-state index contributed by atoms with van der Waals surface area (Å²) < 4.78 is 5.46. The summed E-state index contributed by atoms with van der Waals surface area (Å²) in [6.07, 6.45) is 1.03. The monoisotopic (exact) mass is 376 g/mol. The van der Waals surface area contributed by atoms with Crippen LogP contribution in [-0.2, 0) is 0 Å². The highest BCUT2D eigenvalue weighted by Crippen LogP contribution is 2.25. The molecule has 3 aromatic rings. The maximum Gasteiger partial charge on any atom is 0.253 e. The Kier molecular flexibility index (Phi) is 4.96. The molecule has 0 radical (unpaired) electrons. The molecule has 0 unspecified atom stereocenters. The molecule has 1 saturated heterocycles. The van der Waals surface area contributed by atoms with Crippen molar-refractivity contribution >= 4 is 5.91 Å². The van der Waals surface area contributed by atoms with Gasteiger partial charge in [-0.05, 0) is 55.4 Å². The summed E-state index contributed by atoms with van der Waals surface area (Å²) in [4.78, 5) is 16.9. The summed E-state index contributed by atoms with van der Waals surface area (Å²) in [7, 11) is 4.00. The maximum atomic E-state index is 12.8. The third kappa shape index (κ3) is 3.68. The van der Waals surface area contributed by atoms with Crippen molar-refractivity contribution in [3.05, 3.63) is 60.0 Å². The minimum Gasteiger partial charge on any atom is -0.421 e. The van der Waals surface area contributed by atoms with Crippen LogP contribution in [0.1, 0.15) is 22.7 Å². The summed E-state index contributed by atoms with van der Waals surface area (Å²) in [5.41, 5.74) is 3.75. The molecule has 1 fully saturated rings. The number of likely N-dealkylation sites (tertiary alicyclic amines) is 1. The Morgan fingerprint density at radius 2 is 1.64 bits per heavy atom. The molecule has 28 heavy (non-hydrogen) atoms. The van der Waals surface area contributed by atoms with Crippen molar-refractivity contribution < 1.29 is 9.21 Å². The van der Waals surface area contributed by atoms with Gasteiger partial charge in [0.25, 0.3) is 5.91 Å². The first-order chi connectivity index (χ1) is 13.5. The number of hydrogen-bond acceptors (Lipinski definition) is 5. The van der Waals surface area contributed by atoms with Crippen LogP contribution in [0.4, 0.5) is 0 Å². The predicted molar refractivity (Wildman–Crippen MR) is 108 cm³/mol. The van der Waals surface area contributed by atoms with Crippen LogP contribution in [0.3, 0.4) is 0 Å². The minimum atomic E-state index is 0.0777. The smallest absolute Gasteiger partial charge is 0.253 e. The molecule has 6 nitrogen and oxygen atoms in total. The molecule has 1 atom stereocenters. The summed E-state index contributed by atoms with van der Waals surface area (Å²) in [6.45, 7) is 3.75. The molecule has 2 aromatic carbocycles. The van der Waals surface area contributed by atoms with Gasteiger partial charge >= 0.3 is 0 Å². The van der Waals surface area contributed by atoms with Crippen LogP contribution < -0.4 is 0 Å². The fourth-order valence-electron chi connectivity index (χ4n) is 3.62. The van der Waals surface area contributed by atoms with E-state index in [1.165, 1.54) is 0 Å². The van der Waals surface area contributed by atoms with Crippen LogP contribution in [0.25, 0.3) is 22.6 Å². The third-order valence-corrected chi connectivity index (χ3v) is 5.36. The molecule has 0 saturated carbocycles. The molecule has 1 amide bonds. The molecule has 2 heterocycles. The number of carbonyl (C=O) groups excluding carboxylic acids is 1. The van der Waals surface area contributed by atoms with E-state index in [2.05, 4.69) is 22.1 Å². The zero-order valence-electron chi connectivity index (χ0n) is 16.4. The number of aryl methyl sites for hydroxylation is 1. The Morgan fingerprint density at radius 3 is 2.18 bits per heavy atom. The quantitative estimate of drug-likeness (QED) is 0.697. The van der Waals surface area contributed by atoms with Crippen LogP contribution in [0.5, 0.6) is 0 Å². The molecule has 1 aliphatic rings. The minimum absolute atomic E-state index is 0.0777. The van der Waals surface area contributed by atoms with Crippen LogP contribution in [0.2, 0.25) is 0 Å². The lowest BCUT2D eigenvalue weighted by molar-refractivity contribution is 0.0737. The van der Waals surface area contributed by atoms with Crippen molar-refractivity contribution in [2.45, 2.75) is 19.4 Å². The van der Waals surface area contributed by atoms with Crippen molar-refractivity contribution in [3.63, 3.8) is 0 Å². The van der Waals surface area contributed by atoms with E-state index in [9.17, 15) is 4.79 Å². The Bertz CT molecular complexity index is 963. The van der Waals surface area contributed by atoms with Crippen molar-refractivity contribution in [2.75, 3.05) is 27.2 Å². The second-order valence-corrected chi connectivity index (χ2v) is 7.40. The van der Waals surface area contributed by atoms with Gasteiger partial charge in [0.05, 0.1) is 0 Å². The standard InChI is InChI=1S/C22H24N4O2/c1-15-23-24-21(28-15)18-8-4-16(5-9-18)17-6-10-19(11-7-17)22(27)26(3)20-12-13-25(2)14-20/h4-11,20H,12-14H2,1-3H3/t20-/m1/s1. The summed E-state index contributed by atoms with van der Waals surface area (Å²) >= 11 is 0. The van der Waals surface area contributed by atoms with Crippen molar-refractivity contribution in [2.24, 2.45) is 0 Å². The molecule has 0 aliphatic carbocycles. The summed E-state index contributed by atoms with van der Waals surface area (Å²) in [6, 6.07) is 16.1. The molecule has 144 valence electrons. The molecule has 0 bridgehead atoms. The van der Waals surface area contributed by atoms with E-state index in [0.717, 1.165) is 41.8 Å². The average molecular weight is 376 g/mol. The van der Waals surface area contributed by atoms with Gasteiger partial charge in [-0.15, -0.1) is 10.2 Å². The van der Waals surface area contributed by atoms with E-state index < -0.39 is 0 Å². The number of aromatic nitrogens is 2. The lowest BCUT2D eigenvalue weighted by Crippen LogP contribution is -2.38. The molecule has 1 aromatic heterocycles. The Hall–Kier alpha value is -2.99. The number of likely N-dealkylation sites (N-methyl/N-ethyl adjacent to an activating group) is 2. The van der Waals surface area contributed by atoms with Crippen LogP contribution in [0, 0.1) is 6.92 Å². The van der Waals surface area contributed by atoms with Gasteiger partial charge in [-0.3, -0.25) is 4.79 Å². The SMILES string of the molecule is Cc1nnc(-c2ccc(-c3ccc(C(=O)N(C)[C@@H]4CCN(C)C4)cc3)cc2)o1. The lowest BCUT2D eigenvalue weighted by Gasteiger charge is -2.24. The lowest BCUT2D eigenvalue weighted by atomic mass is 10.0. The Labute approximate surface area is 164 Å². The van der Waals surface area contributed by atoms with E-state index in [1.807, 2.05) is 60.5 Å². The largest absolute Gasteiger partial charge is 0.421 e. The van der Waals surface area contributed by atoms with Crippen molar-refractivity contribution in [1.82, 2.24) is 20.0 Å². The van der Waals surface area contributed by atoms with E-state index in [4.69, 9.17) is 4.42 Å². The fourth-order valence-corrected chi connectivity index (χ4v) is 3.62. The van der Waals surface area contributed by atoms with Gasteiger partial charge in [0.15, 0.2) is 0 Å². The topological polar surface area (TPSA) is 62.5 Å². The van der Waals surface area contributed by atoms with E-state index in [-0.39, 0.29) is 11.9 Å². The Morgan fingerprint density at radius 1 is 1.04 bits per heavy atom. The normalized spacial score (nSPS) is 17.0. The van der Waals surface area contributed by atoms with Gasteiger partial charge in [0, 0.05) is 37.7 Å². The summed E-state index contributed by atoms with van der Waals surface area (Å²) in [5, 5.41) is 7.90. The van der Waals surface area contributed by atoms with E-state index in [1.54, 1.807) is 6.92 Å². The zero-order chi connectivity index (χ0) is 19.7. The fraction of sp³-hybridized carbons (Fsp3) is 0.318. The van der Waals surface area contributed by atoms with Gasteiger partial charge in [-0.25, -0.2) is 0 Å². The molecular formula is C22H24N4O2. The highest BCUT2D eigenvalue weighted by atomic mass is 16.4. The van der Waals surface area contributed by atoms with Gasteiger partial charge in [-0.2, -0.15) is 0 Å². The first-order valence-corrected chi connectivity index (χ1v) is 9.48. The molecule has 0 spiro atoms. The third-order valence-electron chi connectivity index (χ3n) is 5.36. The molecule has 6 heteroatoms. The Balaban J connectivity index is 1.47. The summed E-state index contributed by atoms with van der Waals surface area (Å²) in [5.74, 6) is 1.15. The highest BCUT2D eigenvalue weighted by Gasteiger charge is 2.26. The maximum absolute atomic E-state index is 12.8. The number of amides is 1. The number of carbonyl (C=O) groups is 1.